The molecule has 0 radical (unpaired) electrons. The van der Waals surface area contributed by atoms with E-state index in [4.69, 9.17) is 4.74 Å². The number of carbonyl (C=O) groups is 2. The predicted octanol–water partition coefficient (Wildman–Crippen LogP) is 3.10. The molecule has 1 spiro atoms. The van der Waals surface area contributed by atoms with Gasteiger partial charge < -0.3 is 15.0 Å². The van der Waals surface area contributed by atoms with Gasteiger partial charge in [0.2, 0.25) is 5.91 Å². The maximum atomic E-state index is 13.3. The molecular weight excluding hydrogens is 328 g/mol. The molecule has 26 heavy (non-hydrogen) atoms. The van der Waals surface area contributed by atoms with Crippen LogP contribution in [0.25, 0.3) is 0 Å². The molecule has 1 saturated carbocycles. The van der Waals surface area contributed by atoms with Gasteiger partial charge in [-0.15, -0.1) is 0 Å². The third-order valence-corrected chi connectivity index (χ3v) is 5.75. The zero-order valence-electron chi connectivity index (χ0n) is 16.1. The van der Waals surface area contributed by atoms with Crippen LogP contribution in [0.5, 0.6) is 0 Å². The van der Waals surface area contributed by atoms with Crippen molar-refractivity contribution < 1.29 is 14.3 Å². The van der Waals surface area contributed by atoms with Crippen molar-refractivity contribution in [3.8, 4) is 0 Å². The van der Waals surface area contributed by atoms with Gasteiger partial charge >= 0.3 is 0 Å². The van der Waals surface area contributed by atoms with Gasteiger partial charge in [-0.2, -0.15) is 0 Å². The van der Waals surface area contributed by atoms with E-state index in [0.717, 1.165) is 37.7 Å². The lowest BCUT2D eigenvalue weighted by molar-refractivity contribution is -0.128. The average Bonchev–Trinajstić information content (AvgIpc) is 2.62. The summed E-state index contributed by atoms with van der Waals surface area (Å²) in [5.41, 5.74) is 1.09. The Balaban J connectivity index is 2.13. The van der Waals surface area contributed by atoms with Crippen LogP contribution in [0.4, 0.5) is 0 Å². The quantitative estimate of drug-likeness (QED) is 0.880. The highest BCUT2D eigenvalue weighted by Gasteiger charge is 2.54. The number of nitrogens with one attached hydrogen (secondary N) is 1. The van der Waals surface area contributed by atoms with E-state index in [0.29, 0.717) is 18.7 Å². The molecule has 2 amide bonds. The molecule has 0 bridgehead atoms. The summed E-state index contributed by atoms with van der Waals surface area (Å²) in [6, 6.07) is 7.69. The van der Waals surface area contributed by atoms with Crippen LogP contribution in [0.1, 0.15) is 67.8 Å². The molecule has 1 N–H and O–H groups in total. The van der Waals surface area contributed by atoms with Crippen LogP contribution in [-0.4, -0.2) is 48.6 Å². The first-order chi connectivity index (χ1) is 12.5. The van der Waals surface area contributed by atoms with Crippen LogP contribution in [0.15, 0.2) is 24.3 Å². The number of carbonyl (C=O) groups excluding carboxylic acids is 2. The first-order valence-corrected chi connectivity index (χ1v) is 9.71. The molecule has 1 heterocycles. The van der Waals surface area contributed by atoms with Crippen LogP contribution in [0.2, 0.25) is 0 Å². The Morgan fingerprint density at radius 2 is 1.96 bits per heavy atom. The molecule has 0 unspecified atom stereocenters. The van der Waals surface area contributed by atoms with Gasteiger partial charge in [0, 0.05) is 25.3 Å². The number of nitrogens with zero attached hydrogens (tertiary/aromatic N) is 1. The first kappa shape index (κ1) is 18.9. The number of methoxy groups -OCH3 is 1. The summed E-state index contributed by atoms with van der Waals surface area (Å²) in [7, 11) is 1.65. The average molecular weight is 358 g/mol. The number of rotatable bonds is 5. The SMILES string of the molecule is COCCN1C(=O)c2ccccc2[C@@H](C(=O)NC(C)C)C12CCCCC2. The van der Waals surface area contributed by atoms with E-state index in [-0.39, 0.29) is 23.8 Å². The van der Waals surface area contributed by atoms with Crippen molar-refractivity contribution in [2.45, 2.75) is 63.5 Å². The smallest absolute Gasteiger partial charge is 0.254 e. The minimum atomic E-state index is -0.443. The summed E-state index contributed by atoms with van der Waals surface area (Å²) in [6.07, 6.45) is 4.99. The van der Waals surface area contributed by atoms with Crippen molar-refractivity contribution in [1.29, 1.82) is 0 Å². The Labute approximate surface area is 156 Å². The molecule has 5 nitrogen and oxygen atoms in total. The van der Waals surface area contributed by atoms with Gasteiger partial charge in [-0.05, 0) is 38.3 Å². The van der Waals surface area contributed by atoms with Crippen molar-refractivity contribution in [3.05, 3.63) is 35.4 Å². The third-order valence-electron chi connectivity index (χ3n) is 5.75. The summed E-state index contributed by atoms with van der Waals surface area (Å²) >= 11 is 0. The fourth-order valence-corrected chi connectivity index (χ4v) is 4.72. The van der Waals surface area contributed by atoms with Gasteiger partial charge in [-0.1, -0.05) is 37.5 Å². The Hall–Kier alpha value is -1.88. The molecule has 1 aliphatic carbocycles. The summed E-state index contributed by atoms with van der Waals surface area (Å²) in [5.74, 6) is -0.256. The molecule has 1 aromatic carbocycles. The highest BCUT2D eigenvalue weighted by molar-refractivity contribution is 6.02. The summed E-state index contributed by atoms with van der Waals surface area (Å²) in [4.78, 5) is 28.6. The van der Waals surface area contributed by atoms with Crippen LogP contribution in [-0.2, 0) is 9.53 Å². The molecule has 1 fully saturated rings. The highest BCUT2D eigenvalue weighted by atomic mass is 16.5. The maximum Gasteiger partial charge on any atom is 0.254 e. The largest absolute Gasteiger partial charge is 0.383 e. The van der Waals surface area contributed by atoms with Crippen molar-refractivity contribution >= 4 is 11.8 Å². The van der Waals surface area contributed by atoms with E-state index in [2.05, 4.69) is 5.32 Å². The highest BCUT2D eigenvalue weighted by Crippen LogP contribution is 2.49. The monoisotopic (exact) mass is 358 g/mol. The second kappa shape index (κ2) is 7.78. The van der Waals surface area contributed by atoms with Crippen LogP contribution < -0.4 is 5.32 Å². The lowest BCUT2D eigenvalue weighted by atomic mass is 9.65. The van der Waals surface area contributed by atoms with Gasteiger partial charge in [0.1, 0.15) is 0 Å². The van der Waals surface area contributed by atoms with E-state index >= 15 is 0 Å². The fraction of sp³-hybridized carbons (Fsp3) is 0.619. The molecule has 2 aliphatic rings. The molecule has 142 valence electrons. The van der Waals surface area contributed by atoms with E-state index < -0.39 is 5.54 Å². The van der Waals surface area contributed by atoms with Gasteiger partial charge in [0.05, 0.1) is 18.1 Å². The third kappa shape index (κ3) is 3.25. The van der Waals surface area contributed by atoms with Crippen molar-refractivity contribution in [1.82, 2.24) is 10.2 Å². The number of amides is 2. The Kier molecular flexibility index (Phi) is 5.66. The lowest BCUT2D eigenvalue weighted by Crippen LogP contribution is -2.63. The summed E-state index contributed by atoms with van der Waals surface area (Å²) in [5, 5.41) is 3.11. The zero-order chi connectivity index (χ0) is 18.7. The number of hydrogen-bond donors (Lipinski definition) is 1. The molecule has 1 aliphatic heterocycles. The van der Waals surface area contributed by atoms with Crippen molar-refractivity contribution in [3.63, 3.8) is 0 Å². The van der Waals surface area contributed by atoms with E-state index in [1.165, 1.54) is 0 Å². The van der Waals surface area contributed by atoms with Crippen LogP contribution in [0.3, 0.4) is 0 Å². The Bertz CT molecular complexity index is 665. The van der Waals surface area contributed by atoms with Crippen LogP contribution in [0, 0.1) is 0 Å². The number of hydrogen-bond acceptors (Lipinski definition) is 3. The zero-order valence-corrected chi connectivity index (χ0v) is 16.1. The van der Waals surface area contributed by atoms with Gasteiger partial charge in [0.15, 0.2) is 0 Å². The fourth-order valence-electron chi connectivity index (χ4n) is 4.72. The predicted molar refractivity (Wildman–Crippen MR) is 101 cm³/mol. The second-order valence-electron chi connectivity index (χ2n) is 7.80. The lowest BCUT2D eigenvalue weighted by Gasteiger charge is -2.53. The molecule has 0 aromatic heterocycles. The van der Waals surface area contributed by atoms with Gasteiger partial charge in [-0.25, -0.2) is 0 Å². The Morgan fingerprint density at radius 1 is 1.27 bits per heavy atom. The van der Waals surface area contributed by atoms with Crippen LogP contribution >= 0.6 is 0 Å². The standard InChI is InChI=1S/C21H30N2O3/c1-15(2)22-19(24)18-16-9-5-6-10-17(16)20(25)23(13-14-26-3)21(18)11-7-4-8-12-21/h5-6,9-10,15,18H,4,7-8,11-14H2,1-3H3,(H,22,24)/t18-/m0/s1. The summed E-state index contributed by atoms with van der Waals surface area (Å²) in [6.45, 7) is 4.96. The van der Waals surface area contributed by atoms with E-state index in [9.17, 15) is 9.59 Å². The maximum absolute atomic E-state index is 13.3. The molecule has 1 aromatic rings. The Morgan fingerprint density at radius 3 is 2.62 bits per heavy atom. The molecular formula is C21H30N2O3. The summed E-state index contributed by atoms with van der Waals surface area (Å²) < 4.78 is 5.28. The van der Waals surface area contributed by atoms with Crippen molar-refractivity contribution in [2.75, 3.05) is 20.3 Å². The first-order valence-electron chi connectivity index (χ1n) is 9.71. The normalized spacial score (nSPS) is 21.8. The molecule has 3 rings (SSSR count). The minimum absolute atomic E-state index is 0.0317. The van der Waals surface area contributed by atoms with Crippen molar-refractivity contribution in [2.24, 2.45) is 0 Å². The minimum Gasteiger partial charge on any atom is -0.383 e. The van der Waals surface area contributed by atoms with Gasteiger partial charge in [0.25, 0.3) is 5.91 Å². The van der Waals surface area contributed by atoms with E-state index in [1.54, 1.807) is 7.11 Å². The number of ether oxygens (including phenoxy) is 1. The van der Waals surface area contributed by atoms with E-state index in [1.807, 2.05) is 43.0 Å². The molecule has 1 atom stereocenters. The number of fused-ring (bicyclic) bond motifs is 1. The molecule has 5 heteroatoms. The molecule has 0 saturated heterocycles. The van der Waals surface area contributed by atoms with Gasteiger partial charge in [-0.3, -0.25) is 9.59 Å². The topological polar surface area (TPSA) is 58.6 Å². The second-order valence-corrected chi connectivity index (χ2v) is 7.80. The number of benzene rings is 1.